The maximum atomic E-state index is 12.9. The van der Waals surface area contributed by atoms with Crippen LogP contribution in [0.15, 0.2) is 42.5 Å². The minimum Gasteiger partial charge on any atom is -0.462 e. The van der Waals surface area contributed by atoms with Crippen molar-refractivity contribution in [3.63, 3.8) is 0 Å². The van der Waals surface area contributed by atoms with Crippen molar-refractivity contribution >= 4 is 17.6 Å². The fraction of sp³-hybridized carbons (Fsp3) is 0.222. The fourth-order valence-electron chi connectivity index (χ4n) is 2.25. The lowest BCUT2D eigenvalue weighted by Crippen LogP contribution is -2.26. The summed E-state index contributed by atoms with van der Waals surface area (Å²) in [4.78, 5) is 34.4. The van der Waals surface area contributed by atoms with E-state index < -0.39 is 16.8 Å². The van der Waals surface area contributed by atoms with Crippen molar-refractivity contribution in [3.05, 3.63) is 75.1 Å². The lowest BCUT2D eigenvalue weighted by Gasteiger charge is -2.08. The van der Waals surface area contributed by atoms with Gasteiger partial charge in [0.25, 0.3) is 11.6 Å². The third-order valence-electron chi connectivity index (χ3n) is 3.51. The van der Waals surface area contributed by atoms with Crippen LogP contribution in [0.25, 0.3) is 0 Å². The number of amides is 1. The number of esters is 1. The average molecular weight is 360 g/mol. The quantitative estimate of drug-likeness (QED) is 0.465. The van der Waals surface area contributed by atoms with E-state index in [9.17, 15) is 24.1 Å². The molecule has 26 heavy (non-hydrogen) atoms. The molecule has 1 N–H and O–H groups in total. The molecule has 0 aliphatic rings. The van der Waals surface area contributed by atoms with Crippen LogP contribution >= 0.6 is 0 Å². The van der Waals surface area contributed by atoms with E-state index in [4.69, 9.17) is 4.74 Å². The number of nitrogens with one attached hydrogen (secondary N) is 1. The molecule has 0 spiro atoms. The van der Waals surface area contributed by atoms with E-state index in [2.05, 4.69) is 5.32 Å². The maximum absolute atomic E-state index is 12.9. The molecule has 0 fully saturated rings. The molecule has 0 aliphatic carbocycles. The maximum Gasteiger partial charge on any atom is 0.338 e. The SMILES string of the molecule is CCOC(=O)c1cc(C(=O)NCCc2ccc(F)cc2)cc([N+](=O)[O-])c1. The molecule has 8 heteroatoms. The highest BCUT2D eigenvalue weighted by Crippen LogP contribution is 2.18. The van der Waals surface area contributed by atoms with Crippen LogP contribution in [0, 0.1) is 15.9 Å². The number of non-ortho nitro benzene ring substituents is 1. The van der Waals surface area contributed by atoms with Gasteiger partial charge in [0, 0.05) is 24.2 Å². The highest BCUT2D eigenvalue weighted by Gasteiger charge is 2.18. The molecule has 2 aromatic carbocycles. The Balaban J connectivity index is 2.09. The van der Waals surface area contributed by atoms with Crippen molar-refractivity contribution < 1.29 is 23.6 Å². The van der Waals surface area contributed by atoms with Gasteiger partial charge in [0.05, 0.1) is 17.1 Å². The number of nitro groups is 1. The van der Waals surface area contributed by atoms with Crippen LogP contribution in [0.3, 0.4) is 0 Å². The molecule has 2 rings (SSSR count). The van der Waals surface area contributed by atoms with Crippen LogP contribution in [0.4, 0.5) is 10.1 Å². The van der Waals surface area contributed by atoms with Crippen LogP contribution in [0.5, 0.6) is 0 Å². The van der Waals surface area contributed by atoms with E-state index in [0.717, 1.165) is 17.7 Å². The Morgan fingerprint density at radius 2 is 1.81 bits per heavy atom. The number of halogens is 1. The fourth-order valence-corrected chi connectivity index (χ4v) is 2.25. The molecule has 0 heterocycles. The molecular formula is C18H17FN2O5. The summed E-state index contributed by atoms with van der Waals surface area (Å²) in [6.45, 7) is 1.97. The number of benzene rings is 2. The first kappa shape index (κ1) is 19.0. The molecule has 136 valence electrons. The molecule has 0 atom stereocenters. The first-order chi connectivity index (χ1) is 12.4. The minimum absolute atomic E-state index is 0.0126. The molecule has 0 bridgehead atoms. The van der Waals surface area contributed by atoms with Gasteiger partial charge in [-0.3, -0.25) is 14.9 Å². The number of ether oxygens (including phenoxy) is 1. The van der Waals surface area contributed by atoms with Crippen LogP contribution in [-0.4, -0.2) is 30.0 Å². The Kier molecular flexibility index (Phi) is 6.37. The number of hydrogen-bond donors (Lipinski definition) is 1. The normalized spacial score (nSPS) is 10.2. The van der Waals surface area contributed by atoms with E-state index in [0.29, 0.717) is 6.42 Å². The van der Waals surface area contributed by atoms with Crippen LogP contribution < -0.4 is 5.32 Å². The van der Waals surface area contributed by atoms with E-state index in [1.54, 1.807) is 19.1 Å². The summed E-state index contributed by atoms with van der Waals surface area (Å²) >= 11 is 0. The predicted molar refractivity (Wildman–Crippen MR) is 91.5 cm³/mol. The topological polar surface area (TPSA) is 98.5 Å². The van der Waals surface area contributed by atoms with Crippen molar-refractivity contribution in [1.29, 1.82) is 0 Å². The number of nitro benzene ring substituents is 1. The highest BCUT2D eigenvalue weighted by atomic mass is 19.1. The molecule has 0 saturated heterocycles. The molecule has 2 aromatic rings. The lowest BCUT2D eigenvalue weighted by atomic mass is 10.1. The zero-order valence-corrected chi connectivity index (χ0v) is 14.0. The Morgan fingerprint density at radius 3 is 2.42 bits per heavy atom. The summed E-state index contributed by atoms with van der Waals surface area (Å²) < 4.78 is 17.7. The Bertz CT molecular complexity index is 821. The number of carbonyl (C=O) groups excluding carboxylic acids is 2. The van der Waals surface area contributed by atoms with Crippen LogP contribution in [0.2, 0.25) is 0 Å². The van der Waals surface area contributed by atoms with Crippen molar-refractivity contribution in [2.75, 3.05) is 13.2 Å². The van der Waals surface area contributed by atoms with Crippen LogP contribution in [-0.2, 0) is 11.2 Å². The first-order valence-corrected chi connectivity index (χ1v) is 7.90. The summed E-state index contributed by atoms with van der Waals surface area (Å²) in [5, 5.41) is 13.6. The van der Waals surface area contributed by atoms with Gasteiger partial charge in [-0.2, -0.15) is 0 Å². The molecule has 0 aliphatic heterocycles. The van der Waals surface area contributed by atoms with E-state index in [1.807, 2.05) is 0 Å². The molecule has 0 radical (unpaired) electrons. The minimum atomic E-state index is -0.739. The van der Waals surface area contributed by atoms with E-state index in [1.165, 1.54) is 18.2 Å². The zero-order valence-electron chi connectivity index (χ0n) is 14.0. The summed E-state index contributed by atoms with van der Waals surface area (Å²) in [6, 6.07) is 9.26. The average Bonchev–Trinajstić information content (AvgIpc) is 2.63. The second-order valence-electron chi connectivity index (χ2n) is 5.38. The van der Waals surface area contributed by atoms with Crippen molar-refractivity contribution in [1.82, 2.24) is 5.32 Å². The smallest absolute Gasteiger partial charge is 0.338 e. The largest absolute Gasteiger partial charge is 0.462 e. The molecule has 0 aromatic heterocycles. The third kappa shape index (κ3) is 5.10. The molecule has 7 nitrogen and oxygen atoms in total. The zero-order chi connectivity index (χ0) is 19.1. The standard InChI is InChI=1S/C18H17FN2O5/c1-2-26-18(23)14-9-13(10-16(11-14)21(24)25)17(22)20-8-7-12-3-5-15(19)6-4-12/h3-6,9-11H,2,7-8H2,1H3,(H,20,22). The molecule has 0 saturated carbocycles. The Hall–Kier alpha value is -3.29. The van der Waals surface area contributed by atoms with Crippen LogP contribution in [0.1, 0.15) is 33.2 Å². The van der Waals surface area contributed by atoms with Gasteiger partial charge in [0.15, 0.2) is 0 Å². The van der Waals surface area contributed by atoms with Gasteiger partial charge in [0.2, 0.25) is 0 Å². The van der Waals surface area contributed by atoms with Crippen molar-refractivity contribution in [3.8, 4) is 0 Å². The molecule has 0 unspecified atom stereocenters. The second-order valence-corrected chi connectivity index (χ2v) is 5.38. The Labute approximate surface area is 148 Å². The van der Waals surface area contributed by atoms with E-state index in [-0.39, 0.29) is 35.8 Å². The van der Waals surface area contributed by atoms with Gasteiger partial charge in [-0.15, -0.1) is 0 Å². The van der Waals surface area contributed by atoms with Gasteiger partial charge in [-0.1, -0.05) is 12.1 Å². The monoisotopic (exact) mass is 360 g/mol. The van der Waals surface area contributed by atoms with Gasteiger partial charge < -0.3 is 10.1 Å². The summed E-state index contributed by atoms with van der Waals surface area (Å²) in [5.41, 5.74) is 0.378. The number of rotatable bonds is 7. The lowest BCUT2D eigenvalue weighted by molar-refractivity contribution is -0.384. The number of carbonyl (C=O) groups is 2. The third-order valence-corrected chi connectivity index (χ3v) is 3.51. The van der Waals surface area contributed by atoms with Crippen molar-refractivity contribution in [2.24, 2.45) is 0 Å². The summed E-state index contributed by atoms with van der Waals surface area (Å²) in [6.07, 6.45) is 0.464. The van der Waals surface area contributed by atoms with E-state index >= 15 is 0 Å². The molecular weight excluding hydrogens is 343 g/mol. The van der Waals surface area contributed by atoms with Gasteiger partial charge in [-0.05, 0) is 37.1 Å². The highest BCUT2D eigenvalue weighted by molar-refractivity contribution is 5.99. The number of nitrogens with zero attached hydrogens (tertiary/aromatic N) is 1. The van der Waals surface area contributed by atoms with Gasteiger partial charge in [-0.25, -0.2) is 9.18 Å². The summed E-state index contributed by atoms with van der Waals surface area (Å²) in [7, 11) is 0. The van der Waals surface area contributed by atoms with Gasteiger partial charge in [0.1, 0.15) is 5.82 Å². The first-order valence-electron chi connectivity index (χ1n) is 7.90. The van der Waals surface area contributed by atoms with Gasteiger partial charge >= 0.3 is 5.97 Å². The Morgan fingerprint density at radius 1 is 1.15 bits per heavy atom. The second kappa shape index (κ2) is 8.70. The number of hydrogen-bond acceptors (Lipinski definition) is 5. The predicted octanol–water partition coefficient (Wildman–Crippen LogP) is 2.88. The molecule has 1 amide bonds. The summed E-state index contributed by atoms with van der Waals surface area (Å²) in [5.74, 6) is -1.64. The van der Waals surface area contributed by atoms with Crippen molar-refractivity contribution in [2.45, 2.75) is 13.3 Å².